The summed E-state index contributed by atoms with van der Waals surface area (Å²) in [4.78, 5) is 7.11. The highest BCUT2D eigenvalue weighted by Gasteiger charge is 2.17. The smallest absolute Gasteiger partial charge is 0.112 e. The predicted octanol–water partition coefficient (Wildman–Crippen LogP) is 3.97. The van der Waals surface area contributed by atoms with Gasteiger partial charge in [0.1, 0.15) is 11.3 Å². The lowest BCUT2D eigenvalue weighted by atomic mass is 10.0. The number of fused-ring (bicyclic) bond motifs is 2. The topological polar surface area (TPSA) is 56.3 Å². The number of hydrogen-bond acceptors (Lipinski definition) is 4. The Labute approximate surface area is 164 Å². The van der Waals surface area contributed by atoms with Crippen LogP contribution in [0.3, 0.4) is 0 Å². The second-order valence-corrected chi connectivity index (χ2v) is 7.39. The van der Waals surface area contributed by atoms with Gasteiger partial charge in [-0.05, 0) is 35.4 Å². The molecule has 1 saturated heterocycles. The molecule has 4 aromatic rings. The number of aryl methyl sites for hydroxylation is 1. The Bertz CT molecular complexity index is 1150. The maximum Gasteiger partial charge on any atom is 0.112 e. The molecule has 0 aliphatic carbocycles. The van der Waals surface area contributed by atoms with Gasteiger partial charge in [-0.25, -0.2) is 4.98 Å². The van der Waals surface area contributed by atoms with Crippen molar-refractivity contribution >= 4 is 33.2 Å². The van der Waals surface area contributed by atoms with Gasteiger partial charge in [0.2, 0.25) is 0 Å². The number of rotatable bonds is 3. The zero-order valence-electron chi connectivity index (χ0n) is 16.1. The quantitative estimate of drug-likeness (QED) is 0.553. The van der Waals surface area contributed by atoms with Gasteiger partial charge in [-0.1, -0.05) is 42.5 Å². The zero-order valence-corrected chi connectivity index (χ0v) is 16.1. The number of nitrogen functional groups attached to an aromatic ring is 1. The van der Waals surface area contributed by atoms with Crippen LogP contribution in [0.15, 0.2) is 54.6 Å². The number of morpholine rings is 1. The molecule has 5 heteroatoms. The van der Waals surface area contributed by atoms with Gasteiger partial charge < -0.3 is 19.9 Å². The van der Waals surface area contributed by atoms with Crippen molar-refractivity contribution in [3.05, 3.63) is 66.0 Å². The summed E-state index contributed by atoms with van der Waals surface area (Å²) in [5.74, 6) is 0.980. The third kappa shape index (κ3) is 2.88. The average Bonchev–Trinajstić information content (AvgIpc) is 3.05. The van der Waals surface area contributed by atoms with E-state index in [1.165, 1.54) is 16.3 Å². The van der Waals surface area contributed by atoms with Gasteiger partial charge in [-0.3, -0.25) is 0 Å². The fourth-order valence-electron chi connectivity index (χ4n) is 4.15. The van der Waals surface area contributed by atoms with E-state index < -0.39 is 0 Å². The first-order valence-corrected chi connectivity index (χ1v) is 9.76. The summed E-state index contributed by atoms with van der Waals surface area (Å²) in [7, 11) is 0. The molecule has 0 saturated carbocycles. The molecule has 5 rings (SSSR count). The molecule has 0 unspecified atom stereocenters. The molecule has 0 bridgehead atoms. The molecule has 0 radical (unpaired) electrons. The summed E-state index contributed by atoms with van der Waals surface area (Å²) in [5, 5.41) is 2.54. The van der Waals surface area contributed by atoms with Gasteiger partial charge in [0, 0.05) is 25.3 Å². The van der Waals surface area contributed by atoms with Crippen molar-refractivity contribution in [2.45, 2.75) is 13.5 Å². The lowest BCUT2D eigenvalue weighted by Gasteiger charge is -2.29. The molecule has 0 spiro atoms. The van der Waals surface area contributed by atoms with Crippen LogP contribution < -0.4 is 10.6 Å². The van der Waals surface area contributed by atoms with Crippen LogP contribution in [0.5, 0.6) is 0 Å². The Kier molecular flexibility index (Phi) is 4.17. The van der Waals surface area contributed by atoms with Crippen molar-refractivity contribution in [1.29, 1.82) is 0 Å². The van der Waals surface area contributed by atoms with Crippen LogP contribution in [0.4, 0.5) is 11.4 Å². The molecular formula is C23H24N4O. The van der Waals surface area contributed by atoms with E-state index in [0.29, 0.717) is 0 Å². The van der Waals surface area contributed by atoms with Crippen LogP contribution in [-0.4, -0.2) is 35.9 Å². The van der Waals surface area contributed by atoms with E-state index in [0.717, 1.165) is 61.1 Å². The summed E-state index contributed by atoms with van der Waals surface area (Å²) in [6, 6.07) is 19.3. The van der Waals surface area contributed by atoms with Crippen LogP contribution in [0, 0.1) is 6.92 Å². The van der Waals surface area contributed by atoms with Gasteiger partial charge >= 0.3 is 0 Å². The number of nitrogens with zero attached hydrogens (tertiary/aromatic N) is 3. The lowest BCUT2D eigenvalue weighted by molar-refractivity contribution is 0.122. The molecule has 1 aliphatic rings. The minimum Gasteiger partial charge on any atom is -0.397 e. The summed E-state index contributed by atoms with van der Waals surface area (Å²) >= 11 is 0. The van der Waals surface area contributed by atoms with Crippen LogP contribution in [0.2, 0.25) is 0 Å². The number of aromatic nitrogens is 2. The summed E-state index contributed by atoms with van der Waals surface area (Å²) in [6.07, 6.45) is 0. The van der Waals surface area contributed by atoms with E-state index in [1.54, 1.807) is 0 Å². The van der Waals surface area contributed by atoms with E-state index in [1.807, 2.05) is 6.07 Å². The first-order valence-electron chi connectivity index (χ1n) is 9.76. The molecule has 0 atom stereocenters. The average molecular weight is 372 g/mol. The highest BCUT2D eigenvalue weighted by Crippen LogP contribution is 2.30. The molecule has 28 heavy (non-hydrogen) atoms. The SMILES string of the molecule is Cc1nc2c(N)cc(N3CCOCC3)cc2n1Cc1cccc2ccccc12. The van der Waals surface area contributed by atoms with E-state index in [4.69, 9.17) is 15.5 Å². The monoisotopic (exact) mass is 372 g/mol. The van der Waals surface area contributed by atoms with Gasteiger partial charge in [0.15, 0.2) is 0 Å². The van der Waals surface area contributed by atoms with E-state index in [-0.39, 0.29) is 0 Å². The molecule has 2 N–H and O–H groups in total. The molecule has 0 amide bonds. The molecular weight excluding hydrogens is 348 g/mol. The normalized spacial score (nSPS) is 14.8. The molecule has 3 aromatic carbocycles. The zero-order chi connectivity index (χ0) is 19.1. The highest BCUT2D eigenvalue weighted by atomic mass is 16.5. The Morgan fingerprint density at radius 1 is 1.04 bits per heavy atom. The molecule has 1 aliphatic heterocycles. The second kappa shape index (κ2) is 6.84. The minimum atomic E-state index is 0.735. The van der Waals surface area contributed by atoms with E-state index >= 15 is 0 Å². The van der Waals surface area contributed by atoms with Gasteiger partial charge in [0.05, 0.1) is 24.4 Å². The van der Waals surface area contributed by atoms with E-state index in [2.05, 4.69) is 64.9 Å². The van der Waals surface area contributed by atoms with Crippen LogP contribution in [-0.2, 0) is 11.3 Å². The lowest BCUT2D eigenvalue weighted by Crippen LogP contribution is -2.36. The Morgan fingerprint density at radius 3 is 2.68 bits per heavy atom. The first kappa shape index (κ1) is 17.1. The Balaban J connectivity index is 1.62. The molecule has 1 fully saturated rings. The number of hydrogen-bond donors (Lipinski definition) is 1. The van der Waals surface area contributed by atoms with Crippen molar-refractivity contribution in [3.63, 3.8) is 0 Å². The first-order chi connectivity index (χ1) is 13.7. The molecule has 142 valence electrons. The largest absolute Gasteiger partial charge is 0.397 e. The maximum atomic E-state index is 6.40. The number of benzene rings is 3. The third-order valence-corrected chi connectivity index (χ3v) is 5.64. The Hall–Kier alpha value is -3.05. The van der Waals surface area contributed by atoms with Crippen molar-refractivity contribution in [1.82, 2.24) is 9.55 Å². The number of nitrogens with two attached hydrogens (primary N) is 1. The van der Waals surface area contributed by atoms with Gasteiger partial charge in [-0.15, -0.1) is 0 Å². The summed E-state index contributed by atoms with van der Waals surface area (Å²) < 4.78 is 7.77. The van der Waals surface area contributed by atoms with Gasteiger partial charge in [0.25, 0.3) is 0 Å². The minimum absolute atomic E-state index is 0.735. The van der Waals surface area contributed by atoms with Gasteiger partial charge in [-0.2, -0.15) is 0 Å². The fraction of sp³-hybridized carbons (Fsp3) is 0.261. The van der Waals surface area contributed by atoms with Crippen molar-refractivity contribution in [2.24, 2.45) is 0 Å². The van der Waals surface area contributed by atoms with Crippen LogP contribution in [0.1, 0.15) is 11.4 Å². The number of ether oxygens (including phenoxy) is 1. The van der Waals surface area contributed by atoms with Crippen molar-refractivity contribution in [2.75, 3.05) is 36.9 Å². The third-order valence-electron chi connectivity index (χ3n) is 5.64. The van der Waals surface area contributed by atoms with E-state index in [9.17, 15) is 0 Å². The fourth-order valence-corrected chi connectivity index (χ4v) is 4.15. The Morgan fingerprint density at radius 2 is 1.82 bits per heavy atom. The van der Waals surface area contributed by atoms with Crippen LogP contribution >= 0.6 is 0 Å². The maximum absolute atomic E-state index is 6.40. The number of anilines is 2. The molecule has 1 aromatic heterocycles. The number of imidazole rings is 1. The van der Waals surface area contributed by atoms with Crippen molar-refractivity contribution < 1.29 is 4.74 Å². The standard InChI is InChI=1S/C23H24N4O/c1-16-25-23-21(24)13-19(26-9-11-28-12-10-26)14-22(23)27(16)15-18-7-4-6-17-5-2-3-8-20(17)18/h2-8,13-14H,9-12,15,24H2,1H3. The highest BCUT2D eigenvalue weighted by molar-refractivity contribution is 5.92. The van der Waals surface area contributed by atoms with Crippen molar-refractivity contribution in [3.8, 4) is 0 Å². The molecule has 5 nitrogen and oxygen atoms in total. The summed E-state index contributed by atoms with van der Waals surface area (Å²) in [6.45, 7) is 6.12. The second-order valence-electron chi connectivity index (χ2n) is 7.39. The molecule has 2 heterocycles. The predicted molar refractivity (Wildman–Crippen MR) is 115 cm³/mol. The summed E-state index contributed by atoms with van der Waals surface area (Å²) in [5.41, 5.74) is 11.5. The van der Waals surface area contributed by atoms with Crippen LogP contribution in [0.25, 0.3) is 21.8 Å².